The van der Waals surface area contributed by atoms with Crippen molar-refractivity contribution < 1.29 is 0 Å². The first-order valence-corrected chi connectivity index (χ1v) is 4.62. The Bertz CT molecular complexity index is 341. The van der Waals surface area contributed by atoms with Crippen LogP contribution in [-0.2, 0) is 0 Å². The maximum Gasteiger partial charge on any atom is 0.184 e. The Morgan fingerprint density at radius 3 is 3.07 bits per heavy atom. The van der Waals surface area contributed by atoms with E-state index >= 15 is 0 Å². The molecule has 1 aromatic rings. The van der Waals surface area contributed by atoms with Crippen LogP contribution in [0.3, 0.4) is 0 Å². The zero-order chi connectivity index (χ0) is 10.6. The van der Waals surface area contributed by atoms with E-state index in [4.69, 9.17) is 5.73 Å². The summed E-state index contributed by atoms with van der Waals surface area (Å²) in [6.07, 6.45) is 5.11. The fraction of sp³-hybridized carbons (Fsp3) is 0.375. The van der Waals surface area contributed by atoms with Gasteiger partial charge in [0.15, 0.2) is 5.11 Å². The fourth-order valence-corrected chi connectivity index (χ4v) is 1.06. The summed E-state index contributed by atoms with van der Waals surface area (Å²) in [5.41, 5.74) is 8.61. The molecule has 1 rings (SSSR count). The van der Waals surface area contributed by atoms with Crippen LogP contribution in [0.25, 0.3) is 0 Å². The predicted octanol–water partition coefficient (Wildman–Crippen LogP) is 0.631. The number of nitrogens with zero attached hydrogens (tertiary/aromatic N) is 3. The molecule has 0 spiro atoms. The predicted molar refractivity (Wildman–Crippen MR) is 60.1 cm³/mol. The third-order valence-corrected chi connectivity index (χ3v) is 1.72. The van der Waals surface area contributed by atoms with Gasteiger partial charge in [-0.1, -0.05) is 0 Å². The Kier molecular flexibility index (Phi) is 3.58. The van der Waals surface area contributed by atoms with Gasteiger partial charge in [0, 0.05) is 6.04 Å². The van der Waals surface area contributed by atoms with Crippen molar-refractivity contribution in [1.29, 1.82) is 0 Å². The standard InChI is InChI=1S/C8H13N5S/c1-6(2)13-5-10-3-7(13)4-11-12-8(9)14/h3-6H,1-2H3,(H3,9,12,14). The molecule has 0 aliphatic carbocycles. The molecule has 5 nitrogen and oxygen atoms in total. The highest BCUT2D eigenvalue weighted by atomic mass is 32.1. The number of nitrogens with one attached hydrogen (secondary N) is 1. The molecule has 0 aliphatic heterocycles. The average molecular weight is 211 g/mol. The molecule has 1 aromatic heterocycles. The van der Waals surface area contributed by atoms with E-state index in [9.17, 15) is 0 Å². The van der Waals surface area contributed by atoms with Gasteiger partial charge in [-0.3, -0.25) is 5.43 Å². The average Bonchev–Trinajstić information content (AvgIpc) is 2.51. The van der Waals surface area contributed by atoms with Crippen LogP contribution in [-0.4, -0.2) is 20.9 Å². The van der Waals surface area contributed by atoms with Crippen molar-refractivity contribution in [1.82, 2.24) is 15.0 Å². The second kappa shape index (κ2) is 4.71. The highest BCUT2D eigenvalue weighted by molar-refractivity contribution is 7.80. The summed E-state index contributed by atoms with van der Waals surface area (Å²) in [7, 11) is 0. The van der Waals surface area contributed by atoms with Crippen LogP contribution in [0.4, 0.5) is 0 Å². The molecule has 0 atom stereocenters. The highest BCUT2D eigenvalue weighted by Crippen LogP contribution is 2.06. The van der Waals surface area contributed by atoms with Crippen molar-refractivity contribution in [3.63, 3.8) is 0 Å². The summed E-state index contributed by atoms with van der Waals surface area (Å²) >= 11 is 4.61. The van der Waals surface area contributed by atoms with Crippen LogP contribution < -0.4 is 11.2 Å². The highest BCUT2D eigenvalue weighted by Gasteiger charge is 2.01. The minimum Gasteiger partial charge on any atom is -0.375 e. The van der Waals surface area contributed by atoms with Gasteiger partial charge in [0.05, 0.1) is 24.4 Å². The summed E-state index contributed by atoms with van der Waals surface area (Å²) in [5.74, 6) is 0. The van der Waals surface area contributed by atoms with Crippen molar-refractivity contribution in [3.8, 4) is 0 Å². The monoisotopic (exact) mass is 211 g/mol. The number of rotatable bonds is 3. The molecule has 1 heterocycles. The number of aromatic nitrogens is 2. The molecule has 0 fully saturated rings. The smallest absolute Gasteiger partial charge is 0.184 e. The van der Waals surface area contributed by atoms with E-state index in [1.807, 2.05) is 4.57 Å². The number of thiocarbonyl (C=S) groups is 1. The number of hydrogen-bond donors (Lipinski definition) is 2. The second-order valence-electron chi connectivity index (χ2n) is 3.05. The van der Waals surface area contributed by atoms with Crippen LogP contribution >= 0.6 is 12.2 Å². The Balaban J connectivity index is 2.71. The quantitative estimate of drug-likeness (QED) is 0.437. The molecule has 0 unspecified atom stereocenters. The van der Waals surface area contributed by atoms with E-state index in [-0.39, 0.29) is 5.11 Å². The van der Waals surface area contributed by atoms with Crippen LogP contribution in [0.15, 0.2) is 17.6 Å². The summed E-state index contributed by atoms with van der Waals surface area (Å²) in [6, 6.07) is 0.351. The topological polar surface area (TPSA) is 68.2 Å². The van der Waals surface area contributed by atoms with E-state index in [2.05, 4.69) is 41.6 Å². The lowest BCUT2D eigenvalue weighted by Gasteiger charge is -2.07. The summed E-state index contributed by atoms with van der Waals surface area (Å²) in [5, 5.41) is 4.00. The molecule has 0 aliphatic rings. The maximum atomic E-state index is 5.21. The first-order valence-electron chi connectivity index (χ1n) is 4.21. The molecule has 0 saturated heterocycles. The van der Waals surface area contributed by atoms with Gasteiger partial charge in [0.1, 0.15) is 0 Å². The van der Waals surface area contributed by atoms with E-state index in [0.717, 1.165) is 5.69 Å². The van der Waals surface area contributed by atoms with Crippen molar-refractivity contribution in [3.05, 3.63) is 18.2 Å². The van der Waals surface area contributed by atoms with Crippen LogP contribution in [0.1, 0.15) is 25.6 Å². The van der Waals surface area contributed by atoms with Crippen molar-refractivity contribution >= 4 is 23.5 Å². The normalized spacial score (nSPS) is 11.1. The number of hydrazone groups is 1. The molecule has 0 saturated carbocycles. The number of imidazole rings is 1. The Morgan fingerprint density at radius 2 is 2.50 bits per heavy atom. The molecule has 0 bridgehead atoms. The molecule has 3 N–H and O–H groups in total. The van der Waals surface area contributed by atoms with Crippen molar-refractivity contribution in [2.45, 2.75) is 19.9 Å². The van der Waals surface area contributed by atoms with Gasteiger partial charge < -0.3 is 10.3 Å². The molecule has 76 valence electrons. The Hall–Kier alpha value is -1.43. The first-order chi connectivity index (χ1) is 6.61. The van der Waals surface area contributed by atoms with Crippen LogP contribution in [0.5, 0.6) is 0 Å². The van der Waals surface area contributed by atoms with Crippen LogP contribution in [0, 0.1) is 0 Å². The van der Waals surface area contributed by atoms with Crippen LogP contribution in [0.2, 0.25) is 0 Å². The number of hydrogen-bond acceptors (Lipinski definition) is 3. The zero-order valence-corrected chi connectivity index (χ0v) is 8.95. The number of nitrogens with two attached hydrogens (primary N) is 1. The Morgan fingerprint density at radius 1 is 1.79 bits per heavy atom. The second-order valence-corrected chi connectivity index (χ2v) is 3.49. The minimum atomic E-state index is 0.150. The van der Waals surface area contributed by atoms with Gasteiger partial charge in [0.2, 0.25) is 0 Å². The summed E-state index contributed by atoms with van der Waals surface area (Å²) in [4.78, 5) is 4.02. The van der Waals surface area contributed by atoms with E-state index < -0.39 is 0 Å². The summed E-state index contributed by atoms with van der Waals surface area (Å²) < 4.78 is 1.99. The Labute approximate surface area is 88.0 Å². The van der Waals surface area contributed by atoms with E-state index in [0.29, 0.717) is 6.04 Å². The van der Waals surface area contributed by atoms with Gasteiger partial charge in [-0.25, -0.2) is 4.98 Å². The minimum absolute atomic E-state index is 0.150. The molecular formula is C8H13N5S. The van der Waals surface area contributed by atoms with Gasteiger partial charge in [-0.05, 0) is 26.1 Å². The molecule has 0 radical (unpaired) electrons. The molecular weight excluding hydrogens is 198 g/mol. The lowest BCUT2D eigenvalue weighted by Crippen LogP contribution is -2.24. The zero-order valence-electron chi connectivity index (χ0n) is 8.14. The van der Waals surface area contributed by atoms with Gasteiger partial charge >= 0.3 is 0 Å². The van der Waals surface area contributed by atoms with Gasteiger partial charge in [0.25, 0.3) is 0 Å². The largest absolute Gasteiger partial charge is 0.375 e. The van der Waals surface area contributed by atoms with Gasteiger partial charge in [-0.2, -0.15) is 5.10 Å². The van der Waals surface area contributed by atoms with E-state index in [1.54, 1.807) is 18.7 Å². The van der Waals surface area contributed by atoms with Crippen molar-refractivity contribution in [2.75, 3.05) is 0 Å². The lowest BCUT2D eigenvalue weighted by atomic mass is 10.3. The lowest BCUT2D eigenvalue weighted by molar-refractivity contribution is 0.596. The maximum absolute atomic E-state index is 5.21. The molecule has 14 heavy (non-hydrogen) atoms. The van der Waals surface area contributed by atoms with Crippen molar-refractivity contribution in [2.24, 2.45) is 10.8 Å². The van der Waals surface area contributed by atoms with Gasteiger partial charge in [-0.15, -0.1) is 0 Å². The third-order valence-electron chi connectivity index (χ3n) is 1.62. The fourth-order valence-electron chi connectivity index (χ4n) is 1.01. The summed E-state index contributed by atoms with van der Waals surface area (Å²) in [6.45, 7) is 4.14. The molecule has 0 aromatic carbocycles. The molecule has 6 heteroatoms. The third kappa shape index (κ3) is 2.81. The first kappa shape index (κ1) is 10.6. The van der Waals surface area contributed by atoms with E-state index in [1.165, 1.54) is 0 Å². The SMILES string of the molecule is CC(C)n1cncc1C=NNC(N)=S. The molecule has 0 amide bonds.